The molecule has 0 aliphatic heterocycles. The lowest BCUT2D eigenvalue weighted by molar-refractivity contribution is -0.122. The summed E-state index contributed by atoms with van der Waals surface area (Å²) in [5.74, 6) is 0.00485. The van der Waals surface area contributed by atoms with Gasteiger partial charge in [0.1, 0.15) is 5.31 Å². The zero-order valence-electron chi connectivity index (χ0n) is 11.1. The van der Waals surface area contributed by atoms with Crippen LogP contribution in [0.15, 0.2) is 11.4 Å². The number of hydrogen-bond acceptors (Lipinski definition) is 4. The van der Waals surface area contributed by atoms with E-state index in [2.05, 4.69) is 0 Å². The summed E-state index contributed by atoms with van der Waals surface area (Å²) in [7, 11) is -3.39. The average Bonchev–Trinajstić information content (AvgIpc) is 2.91. The summed E-state index contributed by atoms with van der Waals surface area (Å²) < 4.78 is 23.2. The van der Waals surface area contributed by atoms with Gasteiger partial charge in [-0.15, -0.1) is 0 Å². The van der Waals surface area contributed by atoms with Crippen LogP contribution in [0.25, 0.3) is 0 Å². The third-order valence-corrected chi connectivity index (χ3v) is 6.03. The summed E-state index contributed by atoms with van der Waals surface area (Å²) in [5, 5.41) is 0.299. The molecule has 1 fully saturated rings. The van der Waals surface area contributed by atoms with Gasteiger partial charge in [-0.2, -0.15) is 0 Å². The Kier molecular flexibility index (Phi) is 4.10. The Balaban J connectivity index is 2.23. The van der Waals surface area contributed by atoms with E-state index in [1.165, 1.54) is 0 Å². The fourth-order valence-corrected chi connectivity index (χ4v) is 4.82. The summed E-state index contributed by atoms with van der Waals surface area (Å²) in [4.78, 5) is 12.5. The van der Waals surface area contributed by atoms with Gasteiger partial charge < -0.3 is 9.05 Å². The van der Waals surface area contributed by atoms with Crippen molar-refractivity contribution in [2.75, 3.05) is 13.2 Å². The molecule has 0 bridgehead atoms. The summed E-state index contributed by atoms with van der Waals surface area (Å²) in [5.41, 5.74) is -0.292. The molecule has 0 aromatic carbocycles. The second-order valence-electron chi connectivity index (χ2n) is 4.94. The molecule has 0 heterocycles. The van der Waals surface area contributed by atoms with Crippen LogP contribution in [-0.2, 0) is 18.4 Å². The summed E-state index contributed by atoms with van der Waals surface area (Å²) in [6, 6.07) is 0. The Hall–Kier alpha value is -0.440. The molecule has 0 amide bonds. The van der Waals surface area contributed by atoms with Gasteiger partial charge in [0.05, 0.1) is 13.2 Å². The fraction of sp³-hybridized carbons (Fsp3) is 0.769. The van der Waals surface area contributed by atoms with E-state index in [0.29, 0.717) is 11.7 Å². The van der Waals surface area contributed by atoms with Crippen LogP contribution in [0, 0.1) is 5.41 Å². The Bertz CT molecular complexity index is 397. The number of Topliss-reactive ketones (excluding diaryl/α,β-unsaturated/α-hetero) is 1. The SMILES string of the molecule is CCOP(=O)(OCC)C1=CCC2(CCCC2)C1=O. The first-order chi connectivity index (χ1) is 8.58. The average molecular weight is 272 g/mol. The highest BCUT2D eigenvalue weighted by atomic mass is 31.2. The molecule has 0 radical (unpaired) electrons. The first-order valence-electron chi connectivity index (χ1n) is 6.72. The van der Waals surface area contributed by atoms with Crippen molar-refractivity contribution < 1.29 is 18.4 Å². The maximum atomic E-state index is 12.6. The minimum atomic E-state index is -3.39. The molecule has 0 unspecified atom stereocenters. The van der Waals surface area contributed by atoms with Crippen LogP contribution in [0.3, 0.4) is 0 Å². The van der Waals surface area contributed by atoms with E-state index in [9.17, 15) is 9.36 Å². The van der Waals surface area contributed by atoms with E-state index in [1.54, 1.807) is 19.9 Å². The van der Waals surface area contributed by atoms with Crippen molar-refractivity contribution in [1.29, 1.82) is 0 Å². The first kappa shape index (κ1) is 14.0. The maximum absolute atomic E-state index is 12.6. The summed E-state index contributed by atoms with van der Waals surface area (Å²) >= 11 is 0. The Labute approximate surface area is 108 Å². The van der Waals surface area contributed by atoms with Gasteiger partial charge in [-0.3, -0.25) is 9.36 Å². The van der Waals surface area contributed by atoms with Gasteiger partial charge >= 0.3 is 7.60 Å². The van der Waals surface area contributed by atoms with Crippen LogP contribution in [-0.4, -0.2) is 19.0 Å². The number of ketones is 1. The number of hydrogen-bond donors (Lipinski definition) is 0. The Morgan fingerprint density at radius 2 is 1.78 bits per heavy atom. The van der Waals surface area contributed by atoms with Crippen molar-refractivity contribution >= 4 is 13.4 Å². The van der Waals surface area contributed by atoms with Crippen LogP contribution in [0.2, 0.25) is 0 Å². The molecule has 1 spiro atoms. The highest BCUT2D eigenvalue weighted by molar-refractivity contribution is 7.60. The fourth-order valence-electron chi connectivity index (χ4n) is 2.98. The lowest BCUT2D eigenvalue weighted by Gasteiger charge is -2.23. The smallest absolute Gasteiger partial charge is 0.305 e. The quantitative estimate of drug-likeness (QED) is 0.716. The van der Waals surface area contributed by atoms with E-state index in [1.807, 2.05) is 0 Å². The Morgan fingerprint density at radius 1 is 1.22 bits per heavy atom. The van der Waals surface area contributed by atoms with E-state index in [0.717, 1.165) is 25.7 Å². The lowest BCUT2D eigenvalue weighted by Crippen LogP contribution is -2.24. The van der Waals surface area contributed by atoms with Crippen LogP contribution in [0.5, 0.6) is 0 Å². The molecule has 2 aliphatic rings. The predicted molar refractivity (Wildman–Crippen MR) is 69.5 cm³/mol. The number of carbonyl (C=O) groups is 1. The molecule has 0 aromatic rings. The van der Waals surface area contributed by atoms with Gasteiger partial charge in [-0.1, -0.05) is 18.9 Å². The van der Waals surface area contributed by atoms with Crippen molar-refractivity contribution in [3.63, 3.8) is 0 Å². The van der Waals surface area contributed by atoms with Crippen LogP contribution in [0.1, 0.15) is 46.0 Å². The molecule has 0 atom stereocenters. The molecule has 4 nitrogen and oxygen atoms in total. The van der Waals surface area contributed by atoms with E-state index >= 15 is 0 Å². The second kappa shape index (κ2) is 5.28. The predicted octanol–water partition coefficient (Wildman–Crippen LogP) is 3.67. The van der Waals surface area contributed by atoms with Gasteiger partial charge in [0.25, 0.3) is 0 Å². The molecule has 18 heavy (non-hydrogen) atoms. The van der Waals surface area contributed by atoms with Crippen LogP contribution < -0.4 is 0 Å². The van der Waals surface area contributed by atoms with Gasteiger partial charge in [0.2, 0.25) is 0 Å². The second-order valence-corrected chi connectivity index (χ2v) is 6.94. The molecular weight excluding hydrogens is 251 g/mol. The summed E-state index contributed by atoms with van der Waals surface area (Å²) in [6.45, 7) is 4.10. The van der Waals surface area contributed by atoms with Gasteiger partial charge in [-0.25, -0.2) is 0 Å². The van der Waals surface area contributed by atoms with Gasteiger partial charge in [0.15, 0.2) is 5.78 Å². The summed E-state index contributed by atoms with van der Waals surface area (Å²) in [6.07, 6.45) is 6.47. The highest BCUT2D eigenvalue weighted by Gasteiger charge is 2.50. The van der Waals surface area contributed by atoms with E-state index in [-0.39, 0.29) is 24.4 Å². The monoisotopic (exact) mass is 272 g/mol. The van der Waals surface area contributed by atoms with Gasteiger partial charge in [0, 0.05) is 5.41 Å². The number of allylic oxidation sites excluding steroid dienone is 2. The molecule has 5 heteroatoms. The topological polar surface area (TPSA) is 52.6 Å². The van der Waals surface area contributed by atoms with Crippen molar-refractivity contribution in [2.24, 2.45) is 5.41 Å². The third kappa shape index (κ3) is 2.22. The van der Waals surface area contributed by atoms with Gasteiger partial charge in [-0.05, 0) is 33.1 Å². The molecule has 0 saturated heterocycles. The largest absolute Gasteiger partial charge is 0.364 e. The van der Waals surface area contributed by atoms with E-state index in [4.69, 9.17) is 9.05 Å². The first-order valence-corrected chi connectivity index (χ1v) is 8.27. The van der Waals surface area contributed by atoms with E-state index < -0.39 is 7.60 Å². The zero-order chi connectivity index (χ0) is 13.2. The van der Waals surface area contributed by atoms with Crippen molar-refractivity contribution in [1.82, 2.24) is 0 Å². The third-order valence-electron chi connectivity index (χ3n) is 3.85. The maximum Gasteiger partial charge on any atom is 0.364 e. The van der Waals surface area contributed by atoms with Crippen molar-refractivity contribution in [2.45, 2.75) is 46.0 Å². The minimum absolute atomic E-state index is 0.00485. The molecule has 0 aromatic heterocycles. The van der Waals surface area contributed by atoms with Crippen LogP contribution in [0.4, 0.5) is 0 Å². The lowest BCUT2D eigenvalue weighted by atomic mass is 9.83. The molecule has 1 saturated carbocycles. The number of carbonyl (C=O) groups excluding carboxylic acids is 1. The normalized spacial score (nSPS) is 22.8. The van der Waals surface area contributed by atoms with Crippen molar-refractivity contribution in [3.05, 3.63) is 11.4 Å². The van der Waals surface area contributed by atoms with Crippen molar-refractivity contribution in [3.8, 4) is 0 Å². The molecule has 2 rings (SSSR count). The zero-order valence-corrected chi connectivity index (χ0v) is 12.0. The minimum Gasteiger partial charge on any atom is -0.305 e. The Morgan fingerprint density at radius 3 is 2.28 bits per heavy atom. The van der Waals surface area contributed by atoms with Crippen LogP contribution >= 0.6 is 7.60 Å². The molecule has 0 N–H and O–H groups in total. The molecule has 102 valence electrons. The molecular formula is C13H21O4P. The standard InChI is InChI=1S/C13H21O4P/c1-3-16-18(15,17-4-2)11-7-10-13(12(11)14)8-5-6-9-13/h7H,3-6,8-10H2,1-2H3. The number of rotatable bonds is 5. The highest BCUT2D eigenvalue weighted by Crippen LogP contribution is 2.62. The molecule has 2 aliphatic carbocycles.